The molecule has 0 bridgehead atoms. The first-order valence-electron chi connectivity index (χ1n) is 5.23. The zero-order valence-electron chi connectivity index (χ0n) is 9.38. The maximum Gasteiger partial charge on any atom is 0.186 e. The molecule has 1 N–H and O–H groups in total. The molecule has 0 saturated heterocycles. The summed E-state index contributed by atoms with van der Waals surface area (Å²) in [4.78, 5) is 0.348. The van der Waals surface area contributed by atoms with Gasteiger partial charge in [0.05, 0.1) is 4.90 Å². The molecular weight excluding hydrogens is 255 g/mol. The van der Waals surface area contributed by atoms with Gasteiger partial charge in [-0.15, -0.1) is 0 Å². The summed E-state index contributed by atoms with van der Waals surface area (Å²) in [6.45, 7) is 0.323. The van der Waals surface area contributed by atoms with Crippen LogP contribution in [0.25, 0.3) is 0 Å². The fraction of sp³-hybridized carbons (Fsp3) is 0.0769. The van der Waals surface area contributed by atoms with Gasteiger partial charge in [0, 0.05) is 0 Å². The van der Waals surface area contributed by atoms with Crippen LogP contribution >= 0.6 is 0 Å². The Labute approximate surface area is 107 Å². The molecule has 0 heterocycles. The summed E-state index contributed by atoms with van der Waals surface area (Å²) < 4.78 is 37.7. The Morgan fingerprint density at radius 2 is 1.67 bits per heavy atom. The minimum Gasteiger partial charge on any atom is -0.489 e. The highest BCUT2D eigenvalue weighted by Gasteiger charge is 2.00. The average Bonchev–Trinajstić information content (AvgIpc) is 2.38. The van der Waals surface area contributed by atoms with Crippen LogP contribution < -0.4 is 4.74 Å². The predicted molar refractivity (Wildman–Crippen MR) is 66.2 cm³/mol. The van der Waals surface area contributed by atoms with Gasteiger partial charge in [0.2, 0.25) is 0 Å². The minimum absolute atomic E-state index is 0.308. The minimum atomic E-state index is -1.96. The van der Waals surface area contributed by atoms with Crippen molar-refractivity contribution >= 4 is 11.1 Å². The van der Waals surface area contributed by atoms with Crippen LogP contribution in [0.1, 0.15) is 5.56 Å². The van der Waals surface area contributed by atoms with Crippen molar-refractivity contribution in [1.82, 2.24) is 0 Å². The summed E-state index contributed by atoms with van der Waals surface area (Å²) in [6.07, 6.45) is 0. The molecule has 5 heteroatoms. The number of ether oxygens (including phenoxy) is 1. The standard InChI is InChI=1S/C13H11FO3S/c14-11-3-5-12(6-4-11)17-9-10-1-7-13(8-2-10)18(15)16/h1-8H,9H2,(H,15,16). The van der Waals surface area contributed by atoms with E-state index in [0.717, 1.165) is 5.56 Å². The van der Waals surface area contributed by atoms with Crippen LogP contribution in [0.4, 0.5) is 4.39 Å². The smallest absolute Gasteiger partial charge is 0.186 e. The second-order valence-corrected chi connectivity index (χ2v) is 4.61. The Balaban J connectivity index is 1.97. The lowest BCUT2D eigenvalue weighted by Gasteiger charge is -2.06. The molecule has 2 aromatic carbocycles. The van der Waals surface area contributed by atoms with Crippen LogP contribution in [0.15, 0.2) is 53.4 Å². The van der Waals surface area contributed by atoms with Gasteiger partial charge in [-0.3, -0.25) is 0 Å². The van der Waals surface area contributed by atoms with E-state index in [1.165, 1.54) is 12.1 Å². The highest BCUT2D eigenvalue weighted by Crippen LogP contribution is 2.14. The van der Waals surface area contributed by atoms with Gasteiger partial charge in [-0.1, -0.05) is 12.1 Å². The van der Waals surface area contributed by atoms with Crippen LogP contribution in [-0.2, 0) is 17.7 Å². The number of rotatable bonds is 4. The van der Waals surface area contributed by atoms with Gasteiger partial charge in [-0.25, -0.2) is 8.60 Å². The van der Waals surface area contributed by atoms with E-state index in [2.05, 4.69) is 0 Å². The largest absolute Gasteiger partial charge is 0.489 e. The monoisotopic (exact) mass is 266 g/mol. The van der Waals surface area contributed by atoms with Crippen molar-refractivity contribution in [2.24, 2.45) is 0 Å². The summed E-state index contributed by atoms with van der Waals surface area (Å²) in [7, 11) is 0. The molecule has 0 aliphatic heterocycles. The molecule has 2 aromatic rings. The number of hydrogen-bond donors (Lipinski definition) is 1. The molecule has 18 heavy (non-hydrogen) atoms. The van der Waals surface area contributed by atoms with Crippen LogP contribution in [0.5, 0.6) is 5.75 Å². The van der Waals surface area contributed by atoms with Crippen molar-refractivity contribution in [1.29, 1.82) is 0 Å². The van der Waals surface area contributed by atoms with E-state index in [9.17, 15) is 8.60 Å². The Morgan fingerprint density at radius 1 is 1.06 bits per heavy atom. The van der Waals surface area contributed by atoms with Gasteiger partial charge in [0.25, 0.3) is 0 Å². The zero-order valence-corrected chi connectivity index (χ0v) is 10.2. The third-order valence-corrected chi connectivity index (χ3v) is 3.02. The Morgan fingerprint density at radius 3 is 2.22 bits per heavy atom. The van der Waals surface area contributed by atoms with Gasteiger partial charge < -0.3 is 9.29 Å². The number of halogens is 1. The fourth-order valence-electron chi connectivity index (χ4n) is 1.40. The molecule has 0 radical (unpaired) electrons. The normalized spacial score (nSPS) is 12.1. The quantitative estimate of drug-likeness (QED) is 0.865. The number of benzene rings is 2. The summed E-state index contributed by atoms with van der Waals surface area (Å²) in [5.41, 5.74) is 0.869. The van der Waals surface area contributed by atoms with Gasteiger partial charge in [0.1, 0.15) is 18.2 Å². The third kappa shape index (κ3) is 3.38. The Bertz CT molecular complexity index is 537. The first-order valence-corrected chi connectivity index (χ1v) is 6.34. The lowest BCUT2D eigenvalue weighted by Crippen LogP contribution is -1.96. The van der Waals surface area contributed by atoms with Crippen LogP contribution in [0.2, 0.25) is 0 Å². The van der Waals surface area contributed by atoms with Gasteiger partial charge in [0.15, 0.2) is 11.1 Å². The topological polar surface area (TPSA) is 46.5 Å². The first kappa shape index (κ1) is 12.7. The fourth-order valence-corrected chi connectivity index (χ4v) is 1.77. The average molecular weight is 266 g/mol. The maximum absolute atomic E-state index is 12.7. The van der Waals surface area contributed by atoms with E-state index in [1.54, 1.807) is 36.4 Å². The van der Waals surface area contributed by atoms with E-state index in [4.69, 9.17) is 9.29 Å². The summed E-state index contributed by atoms with van der Waals surface area (Å²) in [5, 5.41) is 0. The van der Waals surface area contributed by atoms with E-state index in [1.807, 2.05) is 0 Å². The predicted octanol–water partition coefficient (Wildman–Crippen LogP) is 2.99. The molecule has 0 aliphatic carbocycles. The van der Waals surface area contributed by atoms with E-state index >= 15 is 0 Å². The molecule has 3 nitrogen and oxygen atoms in total. The SMILES string of the molecule is O=S(O)c1ccc(COc2ccc(F)cc2)cc1. The van der Waals surface area contributed by atoms with Crippen molar-refractivity contribution < 1.29 is 17.9 Å². The van der Waals surface area contributed by atoms with Crippen molar-refractivity contribution in [2.45, 2.75) is 11.5 Å². The molecule has 0 saturated carbocycles. The Hall–Kier alpha value is -1.72. The van der Waals surface area contributed by atoms with E-state index < -0.39 is 11.1 Å². The van der Waals surface area contributed by atoms with Crippen molar-refractivity contribution in [3.05, 3.63) is 59.9 Å². The maximum atomic E-state index is 12.7. The van der Waals surface area contributed by atoms with Gasteiger partial charge in [-0.2, -0.15) is 0 Å². The molecule has 0 fully saturated rings. The van der Waals surface area contributed by atoms with E-state index in [-0.39, 0.29) is 5.82 Å². The zero-order chi connectivity index (χ0) is 13.0. The highest BCUT2D eigenvalue weighted by molar-refractivity contribution is 7.79. The van der Waals surface area contributed by atoms with Crippen LogP contribution in [0, 0.1) is 5.82 Å². The molecule has 1 atom stereocenters. The molecule has 0 spiro atoms. The van der Waals surface area contributed by atoms with Gasteiger partial charge >= 0.3 is 0 Å². The lowest BCUT2D eigenvalue weighted by molar-refractivity contribution is 0.305. The lowest BCUT2D eigenvalue weighted by atomic mass is 10.2. The van der Waals surface area contributed by atoms with Crippen LogP contribution in [-0.4, -0.2) is 8.76 Å². The molecule has 1 unspecified atom stereocenters. The Kier molecular flexibility index (Phi) is 4.07. The van der Waals surface area contributed by atoms with Crippen molar-refractivity contribution in [3.63, 3.8) is 0 Å². The second-order valence-electron chi connectivity index (χ2n) is 3.64. The number of hydrogen-bond acceptors (Lipinski definition) is 2. The second kappa shape index (κ2) is 5.75. The van der Waals surface area contributed by atoms with Crippen molar-refractivity contribution in [3.8, 4) is 5.75 Å². The molecule has 0 aromatic heterocycles. The van der Waals surface area contributed by atoms with Crippen LogP contribution in [0.3, 0.4) is 0 Å². The molecule has 94 valence electrons. The van der Waals surface area contributed by atoms with Gasteiger partial charge in [-0.05, 0) is 42.0 Å². The summed E-state index contributed by atoms with van der Waals surface area (Å²) >= 11 is -1.96. The third-order valence-electron chi connectivity index (χ3n) is 2.34. The highest BCUT2D eigenvalue weighted by atomic mass is 32.2. The molecule has 0 aliphatic rings. The van der Waals surface area contributed by atoms with Crippen molar-refractivity contribution in [2.75, 3.05) is 0 Å². The molecular formula is C13H11FO3S. The van der Waals surface area contributed by atoms with E-state index in [0.29, 0.717) is 17.3 Å². The summed E-state index contributed by atoms with van der Waals surface area (Å²) in [6, 6.07) is 12.3. The molecule has 2 rings (SSSR count). The summed E-state index contributed by atoms with van der Waals surface area (Å²) in [5.74, 6) is 0.267. The first-order chi connectivity index (χ1) is 8.65. The molecule has 0 amide bonds.